The van der Waals surface area contributed by atoms with Gasteiger partial charge in [-0.25, -0.2) is 4.99 Å². The summed E-state index contributed by atoms with van der Waals surface area (Å²) in [4.78, 5) is 9.67. The molecule has 2 aromatic rings. The molecule has 3 rings (SSSR count). The molecular weight excluding hydrogens is 499 g/mol. The Morgan fingerprint density at radius 3 is 2.66 bits per heavy atom. The molecular formula is C21H31IN4O2S. The van der Waals surface area contributed by atoms with Crippen LogP contribution in [0.15, 0.2) is 46.8 Å². The Morgan fingerprint density at radius 2 is 1.97 bits per heavy atom. The smallest absolute Gasteiger partial charge is 0.194 e. The Kier molecular flexibility index (Phi) is 10.6. The van der Waals surface area contributed by atoms with Crippen molar-refractivity contribution in [1.82, 2.24) is 10.2 Å². The normalized spacial score (nSPS) is 14.5. The molecule has 0 spiro atoms. The number of anilines is 1. The van der Waals surface area contributed by atoms with Crippen molar-refractivity contribution in [2.24, 2.45) is 4.99 Å². The van der Waals surface area contributed by atoms with Crippen LogP contribution in [-0.2, 0) is 11.3 Å². The minimum atomic E-state index is 0. The average Bonchev–Trinajstić information content (AvgIpc) is 3.27. The van der Waals surface area contributed by atoms with Crippen LogP contribution in [0.2, 0.25) is 0 Å². The van der Waals surface area contributed by atoms with E-state index in [0.717, 1.165) is 50.0 Å². The summed E-state index contributed by atoms with van der Waals surface area (Å²) < 4.78 is 10.7. The molecule has 6 nitrogen and oxygen atoms in total. The van der Waals surface area contributed by atoms with Gasteiger partial charge in [0, 0.05) is 39.8 Å². The van der Waals surface area contributed by atoms with Gasteiger partial charge in [0.15, 0.2) is 5.96 Å². The van der Waals surface area contributed by atoms with Gasteiger partial charge in [0.05, 0.1) is 18.2 Å². The number of halogens is 1. The molecule has 0 atom stereocenters. The largest absolute Gasteiger partial charge is 0.491 e. The van der Waals surface area contributed by atoms with E-state index in [4.69, 9.17) is 14.5 Å². The minimum absolute atomic E-state index is 0. The third-order valence-electron chi connectivity index (χ3n) is 4.60. The zero-order valence-electron chi connectivity index (χ0n) is 17.2. The topological polar surface area (TPSA) is 49.3 Å². The second kappa shape index (κ2) is 12.9. The maximum atomic E-state index is 5.70. The quantitative estimate of drug-likeness (QED) is 0.244. The Bertz CT molecular complexity index is 734. The van der Waals surface area contributed by atoms with Crippen LogP contribution in [0.5, 0.6) is 5.75 Å². The van der Waals surface area contributed by atoms with Gasteiger partial charge in [0.1, 0.15) is 12.4 Å². The van der Waals surface area contributed by atoms with E-state index in [1.165, 1.54) is 5.00 Å². The first-order valence-electron chi connectivity index (χ1n) is 9.82. The fourth-order valence-electron chi connectivity index (χ4n) is 3.16. The van der Waals surface area contributed by atoms with Crippen LogP contribution in [-0.4, -0.2) is 63.9 Å². The molecule has 1 aromatic carbocycles. The number of guanidine groups is 1. The molecule has 0 aliphatic carbocycles. The van der Waals surface area contributed by atoms with Gasteiger partial charge in [-0.3, -0.25) is 0 Å². The number of benzene rings is 1. The van der Waals surface area contributed by atoms with Gasteiger partial charge in [-0.1, -0.05) is 12.1 Å². The molecule has 0 amide bonds. The first-order chi connectivity index (χ1) is 13.8. The lowest BCUT2D eigenvalue weighted by molar-refractivity contribution is 0.146. The number of nitrogens with one attached hydrogen (secondary N) is 1. The Balaban J connectivity index is 0.00000300. The van der Waals surface area contributed by atoms with Gasteiger partial charge in [0.25, 0.3) is 0 Å². The molecule has 1 aliphatic heterocycles. The molecule has 0 unspecified atom stereocenters. The lowest BCUT2D eigenvalue weighted by Gasteiger charge is -2.37. The summed E-state index contributed by atoms with van der Waals surface area (Å²) in [5, 5.41) is 6.93. The van der Waals surface area contributed by atoms with Crippen molar-refractivity contribution >= 4 is 46.3 Å². The number of nitrogens with zero attached hydrogens (tertiary/aromatic N) is 3. The van der Waals surface area contributed by atoms with E-state index in [1.807, 2.05) is 12.1 Å². The number of hydrogen-bond acceptors (Lipinski definition) is 5. The Morgan fingerprint density at radius 1 is 1.14 bits per heavy atom. The van der Waals surface area contributed by atoms with E-state index in [0.29, 0.717) is 19.8 Å². The Labute approximate surface area is 194 Å². The van der Waals surface area contributed by atoms with Gasteiger partial charge in [0.2, 0.25) is 0 Å². The zero-order valence-corrected chi connectivity index (χ0v) is 20.3. The first-order valence-corrected chi connectivity index (χ1v) is 10.7. The number of hydrogen-bond donors (Lipinski definition) is 1. The summed E-state index contributed by atoms with van der Waals surface area (Å²) in [6.45, 7) is 8.75. The van der Waals surface area contributed by atoms with Gasteiger partial charge >= 0.3 is 0 Å². The van der Waals surface area contributed by atoms with Gasteiger partial charge in [-0.2, -0.15) is 0 Å². The number of methoxy groups -OCH3 is 1. The summed E-state index contributed by atoms with van der Waals surface area (Å²) in [6, 6.07) is 12.4. The SMILES string of the molecule is CCNC(=NCc1cccc(OCCOC)c1)N1CCN(c2cccs2)CC1.I. The molecule has 29 heavy (non-hydrogen) atoms. The Hall–Kier alpha value is -1.52. The molecule has 1 aromatic heterocycles. The van der Waals surface area contributed by atoms with Crippen LogP contribution in [0.4, 0.5) is 5.00 Å². The zero-order chi connectivity index (χ0) is 19.6. The van der Waals surface area contributed by atoms with Crippen LogP contribution in [0, 0.1) is 0 Å². The fourth-order valence-corrected chi connectivity index (χ4v) is 3.94. The molecule has 0 radical (unpaired) electrons. The molecule has 2 heterocycles. The second-order valence-electron chi connectivity index (χ2n) is 6.58. The maximum absolute atomic E-state index is 5.70. The highest BCUT2D eigenvalue weighted by atomic mass is 127. The molecule has 1 aliphatic rings. The predicted molar refractivity (Wildman–Crippen MR) is 132 cm³/mol. The number of aliphatic imine (C=N–C) groups is 1. The van der Waals surface area contributed by atoms with Crippen molar-refractivity contribution in [1.29, 1.82) is 0 Å². The predicted octanol–water partition coefficient (Wildman–Crippen LogP) is 3.68. The van der Waals surface area contributed by atoms with Gasteiger partial charge in [-0.15, -0.1) is 35.3 Å². The standard InChI is InChI=1S/C21H30N4O2S.HI/c1-3-22-21(25-11-9-24(10-12-25)20-8-5-15-28-20)23-17-18-6-4-7-19(16-18)27-14-13-26-2;/h4-8,15-16H,3,9-14,17H2,1-2H3,(H,22,23);1H. The minimum Gasteiger partial charge on any atom is -0.491 e. The van der Waals surface area contributed by atoms with E-state index in [-0.39, 0.29) is 24.0 Å². The molecule has 8 heteroatoms. The summed E-state index contributed by atoms with van der Waals surface area (Å²) in [5.41, 5.74) is 1.14. The van der Waals surface area contributed by atoms with Crippen LogP contribution in [0.3, 0.4) is 0 Å². The van der Waals surface area contributed by atoms with Crippen LogP contribution in [0.1, 0.15) is 12.5 Å². The molecule has 0 saturated carbocycles. The van der Waals surface area contributed by atoms with Crippen molar-refractivity contribution in [3.63, 3.8) is 0 Å². The fraction of sp³-hybridized carbons (Fsp3) is 0.476. The van der Waals surface area contributed by atoms with Gasteiger partial charge in [-0.05, 0) is 42.1 Å². The highest BCUT2D eigenvalue weighted by molar-refractivity contribution is 14.0. The lowest BCUT2D eigenvalue weighted by atomic mass is 10.2. The molecule has 1 N–H and O–H groups in total. The van der Waals surface area contributed by atoms with E-state index in [9.17, 15) is 0 Å². The number of rotatable bonds is 8. The molecule has 1 fully saturated rings. The summed E-state index contributed by atoms with van der Waals surface area (Å²) in [7, 11) is 1.68. The average molecular weight is 530 g/mol. The van der Waals surface area contributed by atoms with Crippen LogP contribution < -0.4 is 15.0 Å². The van der Waals surface area contributed by atoms with Crippen molar-refractivity contribution in [2.45, 2.75) is 13.5 Å². The third kappa shape index (κ3) is 7.35. The van der Waals surface area contributed by atoms with Crippen molar-refractivity contribution < 1.29 is 9.47 Å². The number of thiophene rings is 1. The number of piperazine rings is 1. The monoisotopic (exact) mass is 530 g/mol. The van der Waals surface area contributed by atoms with Crippen molar-refractivity contribution in [3.8, 4) is 5.75 Å². The highest BCUT2D eigenvalue weighted by Gasteiger charge is 2.20. The van der Waals surface area contributed by atoms with Gasteiger partial charge < -0.3 is 24.6 Å². The van der Waals surface area contributed by atoms with E-state index < -0.39 is 0 Å². The summed E-state index contributed by atoms with van der Waals surface area (Å²) in [5.74, 6) is 1.85. The second-order valence-corrected chi connectivity index (χ2v) is 7.51. The van der Waals surface area contributed by atoms with Crippen molar-refractivity contribution in [2.75, 3.05) is 57.9 Å². The number of ether oxygens (including phenoxy) is 2. The van der Waals surface area contributed by atoms with E-state index in [2.05, 4.69) is 51.7 Å². The maximum Gasteiger partial charge on any atom is 0.194 e. The highest BCUT2D eigenvalue weighted by Crippen LogP contribution is 2.22. The lowest BCUT2D eigenvalue weighted by Crippen LogP contribution is -2.52. The van der Waals surface area contributed by atoms with E-state index in [1.54, 1.807) is 18.4 Å². The molecule has 0 bridgehead atoms. The van der Waals surface area contributed by atoms with Crippen LogP contribution in [0.25, 0.3) is 0 Å². The van der Waals surface area contributed by atoms with E-state index >= 15 is 0 Å². The van der Waals surface area contributed by atoms with Crippen LogP contribution >= 0.6 is 35.3 Å². The molecule has 160 valence electrons. The molecule has 1 saturated heterocycles. The van der Waals surface area contributed by atoms with Crippen molar-refractivity contribution in [3.05, 3.63) is 47.3 Å². The third-order valence-corrected chi connectivity index (χ3v) is 5.53. The summed E-state index contributed by atoms with van der Waals surface area (Å²) >= 11 is 1.81. The first kappa shape index (κ1) is 23.8. The summed E-state index contributed by atoms with van der Waals surface area (Å²) in [6.07, 6.45) is 0.